The minimum absolute atomic E-state index is 0.0383. The number of hydrogen-bond donors (Lipinski definition) is 1. The number of rotatable bonds is 5. The van der Waals surface area contributed by atoms with Gasteiger partial charge in [-0.25, -0.2) is 0 Å². The Hall–Kier alpha value is -2.13. The zero-order valence-electron chi connectivity index (χ0n) is 12.9. The van der Waals surface area contributed by atoms with Gasteiger partial charge in [-0.05, 0) is 45.5 Å². The SMILES string of the molecule is CNCc1/c(=N/S(=O)(=O)c2ccc(C)cc2)o[n-][n+]1N(C)C. The lowest BCUT2D eigenvalue weighted by Crippen LogP contribution is -2.59. The molecule has 0 saturated heterocycles. The quantitative estimate of drug-likeness (QED) is 0.712. The molecule has 9 heteroatoms. The van der Waals surface area contributed by atoms with Crippen molar-refractivity contribution in [2.24, 2.45) is 4.40 Å². The van der Waals surface area contributed by atoms with Gasteiger partial charge in [0.2, 0.25) is 0 Å². The highest BCUT2D eigenvalue weighted by Gasteiger charge is 2.20. The molecule has 0 aliphatic rings. The van der Waals surface area contributed by atoms with Gasteiger partial charge < -0.3 is 9.84 Å². The molecule has 2 aromatic rings. The first kappa shape index (κ1) is 16.2. The summed E-state index contributed by atoms with van der Waals surface area (Å²) in [6.07, 6.45) is 0. The van der Waals surface area contributed by atoms with Gasteiger partial charge in [-0.15, -0.1) is 4.40 Å². The predicted octanol–water partition coefficient (Wildman–Crippen LogP) is -0.961. The molecule has 1 aromatic carbocycles. The highest BCUT2D eigenvalue weighted by Crippen LogP contribution is 2.12. The van der Waals surface area contributed by atoms with Gasteiger partial charge in [0.15, 0.2) is 0 Å². The van der Waals surface area contributed by atoms with E-state index in [0.717, 1.165) is 5.56 Å². The van der Waals surface area contributed by atoms with E-state index >= 15 is 0 Å². The lowest BCUT2D eigenvalue weighted by atomic mass is 10.2. The maximum absolute atomic E-state index is 12.4. The van der Waals surface area contributed by atoms with Crippen molar-refractivity contribution < 1.29 is 17.7 Å². The van der Waals surface area contributed by atoms with Gasteiger partial charge in [-0.2, -0.15) is 8.42 Å². The van der Waals surface area contributed by atoms with Crippen LogP contribution in [0, 0.1) is 6.92 Å². The first-order valence-corrected chi connectivity index (χ1v) is 8.07. The fraction of sp³-hybridized carbons (Fsp3) is 0.385. The number of benzene rings is 1. The summed E-state index contributed by atoms with van der Waals surface area (Å²) >= 11 is 0. The number of sulfonamides is 1. The largest absolute Gasteiger partial charge is 0.379 e. The standard InChI is InChI=1S/C13H19N5O3S/c1-10-5-7-11(8-6-10)22(19,20)15-13-12(9-14-2)18(16-21-13)17(3)4/h5-8,14H,9H2,1-4H3/b15-13-. The molecular weight excluding hydrogens is 306 g/mol. The van der Waals surface area contributed by atoms with Crippen LogP contribution in [0.3, 0.4) is 0 Å². The Balaban J connectivity index is 2.54. The molecule has 0 atom stereocenters. The lowest BCUT2D eigenvalue weighted by molar-refractivity contribution is -0.764. The van der Waals surface area contributed by atoms with E-state index < -0.39 is 10.0 Å². The van der Waals surface area contributed by atoms with Crippen LogP contribution in [0.15, 0.2) is 38.1 Å². The van der Waals surface area contributed by atoms with E-state index in [9.17, 15) is 8.42 Å². The molecular formula is C13H19N5O3S. The molecule has 0 aliphatic heterocycles. The molecule has 0 aliphatic carbocycles. The zero-order valence-corrected chi connectivity index (χ0v) is 13.8. The third-order valence-corrected chi connectivity index (χ3v) is 4.21. The molecule has 0 amide bonds. The Kier molecular flexibility index (Phi) is 4.67. The first-order valence-electron chi connectivity index (χ1n) is 6.63. The van der Waals surface area contributed by atoms with Crippen LogP contribution in [0.5, 0.6) is 0 Å². The first-order chi connectivity index (χ1) is 10.3. The second-order valence-electron chi connectivity index (χ2n) is 4.97. The van der Waals surface area contributed by atoms with Gasteiger partial charge in [0.1, 0.15) is 0 Å². The van der Waals surface area contributed by atoms with Crippen LogP contribution in [0.2, 0.25) is 0 Å². The average molecular weight is 325 g/mol. The van der Waals surface area contributed by atoms with Crippen LogP contribution < -0.4 is 25.9 Å². The Morgan fingerprint density at radius 3 is 2.50 bits per heavy atom. The summed E-state index contributed by atoms with van der Waals surface area (Å²) in [7, 11) is 1.42. The molecule has 0 saturated carbocycles. The summed E-state index contributed by atoms with van der Waals surface area (Å²) in [5, 5.41) is 8.39. The maximum Gasteiger partial charge on any atom is 0.309 e. The summed E-state index contributed by atoms with van der Waals surface area (Å²) < 4.78 is 33.5. The Morgan fingerprint density at radius 2 is 1.95 bits per heavy atom. The molecule has 0 spiro atoms. The monoisotopic (exact) mass is 325 g/mol. The fourth-order valence-corrected chi connectivity index (χ4v) is 2.78. The van der Waals surface area contributed by atoms with Crippen LogP contribution >= 0.6 is 0 Å². The summed E-state index contributed by atoms with van der Waals surface area (Å²) in [5.74, 6) is 0. The van der Waals surface area contributed by atoms with Crippen molar-refractivity contribution in [3.8, 4) is 0 Å². The number of nitrogens with one attached hydrogen (secondary N) is 1. The molecule has 0 unspecified atom stereocenters. The molecule has 22 heavy (non-hydrogen) atoms. The smallest absolute Gasteiger partial charge is 0.309 e. The van der Waals surface area contributed by atoms with Crippen LogP contribution in [0.1, 0.15) is 11.3 Å². The minimum Gasteiger partial charge on any atom is -0.379 e. The van der Waals surface area contributed by atoms with E-state index in [1.165, 1.54) is 16.9 Å². The van der Waals surface area contributed by atoms with E-state index in [4.69, 9.17) is 4.52 Å². The predicted molar refractivity (Wildman–Crippen MR) is 79.0 cm³/mol. The highest BCUT2D eigenvalue weighted by atomic mass is 32.2. The van der Waals surface area contributed by atoms with Gasteiger partial charge >= 0.3 is 5.55 Å². The normalized spacial score (nSPS) is 12.6. The number of aromatic nitrogens is 2. The van der Waals surface area contributed by atoms with Crippen LogP contribution in [0.4, 0.5) is 0 Å². The Labute approximate surface area is 129 Å². The second-order valence-corrected chi connectivity index (χ2v) is 6.58. The second kappa shape index (κ2) is 6.32. The van der Waals surface area contributed by atoms with Crippen molar-refractivity contribution >= 4 is 10.0 Å². The molecule has 0 radical (unpaired) electrons. The highest BCUT2D eigenvalue weighted by molar-refractivity contribution is 7.90. The molecule has 1 N–H and O–H groups in total. The number of hydrogen-bond acceptors (Lipinski definition) is 5. The van der Waals surface area contributed by atoms with Crippen LogP contribution in [-0.2, 0) is 16.6 Å². The topological polar surface area (TPSA) is 92.9 Å². The molecule has 0 bridgehead atoms. The van der Waals surface area contributed by atoms with Crippen molar-refractivity contribution in [2.75, 3.05) is 26.2 Å². The Bertz CT molecular complexity index is 803. The van der Waals surface area contributed by atoms with E-state index in [1.54, 1.807) is 38.3 Å². The molecule has 2 rings (SSSR count). The van der Waals surface area contributed by atoms with Gasteiger partial charge in [-0.1, -0.05) is 22.5 Å². The van der Waals surface area contributed by atoms with E-state index in [2.05, 4.69) is 15.0 Å². The van der Waals surface area contributed by atoms with Gasteiger partial charge in [0.05, 0.1) is 11.4 Å². The summed E-state index contributed by atoms with van der Waals surface area (Å²) in [6, 6.07) is 6.47. The van der Waals surface area contributed by atoms with E-state index in [-0.39, 0.29) is 10.4 Å². The molecule has 0 fully saturated rings. The molecule has 1 aromatic heterocycles. The minimum atomic E-state index is -3.85. The molecule has 8 nitrogen and oxygen atoms in total. The van der Waals surface area contributed by atoms with Gasteiger partial charge in [-0.3, -0.25) is 5.01 Å². The third-order valence-electron chi connectivity index (χ3n) is 2.94. The molecule has 1 heterocycles. The van der Waals surface area contributed by atoms with Gasteiger partial charge in [0.25, 0.3) is 15.7 Å². The number of nitrogens with zero attached hydrogens (tertiary/aromatic N) is 4. The summed E-state index contributed by atoms with van der Waals surface area (Å²) in [5.41, 5.74) is 1.45. The van der Waals surface area contributed by atoms with E-state index in [1.807, 2.05) is 6.92 Å². The van der Waals surface area contributed by atoms with Crippen molar-refractivity contribution in [2.45, 2.75) is 18.4 Å². The zero-order chi connectivity index (χ0) is 16.3. The third kappa shape index (κ3) is 3.37. The van der Waals surface area contributed by atoms with Gasteiger partial charge in [0, 0.05) is 0 Å². The Morgan fingerprint density at radius 1 is 1.32 bits per heavy atom. The van der Waals surface area contributed by atoms with Crippen molar-refractivity contribution in [1.82, 2.24) is 10.6 Å². The van der Waals surface area contributed by atoms with Crippen LogP contribution in [0.25, 0.3) is 0 Å². The van der Waals surface area contributed by atoms with Crippen LogP contribution in [-0.4, -0.2) is 29.6 Å². The fourth-order valence-electron chi connectivity index (χ4n) is 1.83. The number of aryl methyl sites for hydroxylation is 1. The van der Waals surface area contributed by atoms with Crippen molar-refractivity contribution in [1.29, 1.82) is 0 Å². The van der Waals surface area contributed by atoms with E-state index in [0.29, 0.717) is 12.2 Å². The van der Waals surface area contributed by atoms with Crippen molar-refractivity contribution in [3.05, 3.63) is 41.1 Å². The summed E-state index contributed by atoms with van der Waals surface area (Å²) in [4.78, 5) is 1.56. The average Bonchev–Trinajstić information content (AvgIpc) is 2.82. The lowest BCUT2D eigenvalue weighted by Gasteiger charge is -2.09. The molecule has 120 valence electrons. The maximum atomic E-state index is 12.4. The van der Waals surface area contributed by atoms with Crippen molar-refractivity contribution in [3.63, 3.8) is 0 Å². The summed E-state index contributed by atoms with van der Waals surface area (Å²) in [6.45, 7) is 2.25.